The number of hydrogen-bond donors (Lipinski definition) is 0. The van der Waals surface area contributed by atoms with Gasteiger partial charge in [0.15, 0.2) is 0 Å². The van der Waals surface area contributed by atoms with Crippen LogP contribution in [0.5, 0.6) is 0 Å². The highest BCUT2D eigenvalue weighted by atomic mass is 32.1. The van der Waals surface area contributed by atoms with Gasteiger partial charge in [0.2, 0.25) is 0 Å². The summed E-state index contributed by atoms with van der Waals surface area (Å²) in [5.74, 6) is 0. The number of unbranched alkanes of at least 4 members (excludes halogenated alkanes) is 2. The van der Waals surface area contributed by atoms with Gasteiger partial charge in [0.25, 0.3) is 6.47 Å². The van der Waals surface area contributed by atoms with Crippen molar-refractivity contribution in [3.63, 3.8) is 0 Å². The van der Waals surface area contributed by atoms with Crippen LogP contribution in [0.4, 0.5) is 0 Å². The lowest BCUT2D eigenvalue weighted by atomic mass is 10.2. The molecular formula is C10H15NO2S. The van der Waals surface area contributed by atoms with Crippen molar-refractivity contribution in [2.24, 2.45) is 0 Å². The molecule has 0 amide bonds. The molecule has 0 aliphatic carbocycles. The third kappa shape index (κ3) is 3.87. The maximum absolute atomic E-state index is 9.95. The second kappa shape index (κ2) is 6.54. The molecule has 0 aromatic carbocycles. The predicted octanol–water partition coefficient (Wildman–Crippen LogP) is 2.55. The van der Waals surface area contributed by atoms with E-state index < -0.39 is 0 Å². The summed E-state index contributed by atoms with van der Waals surface area (Å²) in [5, 5.41) is 2.92. The van der Waals surface area contributed by atoms with Crippen molar-refractivity contribution in [1.82, 2.24) is 4.98 Å². The van der Waals surface area contributed by atoms with E-state index in [0.29, 0.717) is 13.1 Å². The van der Waals surface area contributed by atoms with Crippen LogP contribution < -0.4 is 0 Å². The summed E-state index contributed by atoms with van der Waals surface area (Å²) in [4.78, 5) is 14.3. The summed E-state index contributed by atoms with van der Waals surface area (Å²) in [6.45, 7) is 2.95. The number of carbonyl (C=O) groups excluding carboxylic acids is 1. The summed E-state index contributed by atoms with van der Waals surface area (Å²) >= 11 is 1.55. The maximum atomic E-state index is 9.95. The van der Waals surface area contributed by atoms with Crippen LogP contribution in [-0.4, -0.2) is 11.5 Å². The third-order valence-electron chi connectivity index (χ3n) is 1.91. The number of rotatable bonds is 7. The molecule has 1 aromatic rings. The van der Waals surface area contributed by atoms with Gasteiger partial charge in [0, 0.05) is 5.38 Å². The zero-order chi connectivity index (χ0) is 10.2. The van der Waals surface area contributed by atoms with Gasteiger partial charge >= 0.3 is 0 Å². The van der Waals surface area contributed by atoms with Crippen LogP contribution in [0, 0.1) is 0 Å². The number of carbonyl (C=O) groups is 1. The lowest BCUT2D eigenvalue weighted by molar-refractivity contribution is -0.129. The first-order chi connectivity index (χ1) is 6.86. The van der Waals surface area contributed by atoms with Crippen molar-refractivity contribution in [3.05, 3.63) is 16.1 Å². The second-order valence-corrected chi connectivity index (χ2v) is 4.04. The molecule has 3 nitrogen and oxygen atoms in total. The van der Waals surface area contributed by atoms with Crippen molar-refractivity contribution in [1.29, 1.82) is 0 Å². The van der Waals surface area contributed by atoms with Crippen molar-refractivity contribution >= 4 is 17.8 Å². The first-order valence-corrected chi connectivity index (χ1v) is 5.73. The predicted molar refractivity (Wildman–Crippen MR) is 56.2 cm³/mol. The van der Waals surface area contributed by atoms with Gasteiger partial charge in [-0.05, 0) is 12.8 Å². The Morgan fingerprint density at radius 2 is 2.43 bits per heavy atom. The van der Waals surface area contributed by atoms with Crippen LogP contribution in [0.1, 0.15) is 36.9 Å². The van der Waals surface area contributed by atoms with Crippen LogP contribution >= 0.6 is 11.3 Å². The fourth-order valence-corrected chi connectivity index (χ4v) is 1.94. The molecule has 14 heavy (non-hydrogen) atoms. The second-order valence-electron chi connectivity index (χ2n) is 3.10. The maximum Gasteiger partial charge on any atom is 0.293 e. The SMILES string of the molecule is CCCCCc1csc(COC=O)n1. The number of aromatic nitrogens is 1. The van der Waals surface area contributed by atoms with Crippen LogP contribution in [-0.2, 0) is 22.6 Å². The third-order valence-corrected chi connectivity index (χ3v) is 2.78. The first kappa shape index (κ1) is 11.2. The van der Waals surface area contributed by atoms with Crippen molar-refractivity contribution in [3.8, 4) is 0 Å². The summed E-state index contributed by atoms with van der Waals surface area (Å²) in [6.07, 6.45) is 4.70. The molecule has 0 radical (unpaired) electrons. The van der Waals surface area contributed by atoms with Crippen LogP contribution in [0.25, 0.3) is 0 Å². The van der Waals surface area contributed by atoms with E-state index in [-0.39, 0.29) is 0 Å². The average Bonchev–Trinajstić information content (AvgIpc) is 2.63. The minimum Gasteiger partial charge on any atom is -0.460 e. The summed E-state index contributed by atoms with van der Waals surface area (Å²) < 4.78 is 4.63. The Balaban J connectivity index is 2.31. The molecule has 0 N–H and O–H groups in total. The molecule has 0 saturated heterocycles. The lowest BCUT2D eigenvalue weighted by Crippen LogP contribution is -1.91. The first-order valence-electron chi connectivity index (χ1n) is 4.85. The molecule has 1 aromatic heterocycles. The quantitative estimate of drug-likeness (QED) is 0.516. The van der Waals surface area contributed by atoms with Gasteiger partial charge in [-0.2, -0.15) is 0 Å². The van der Waals surface area contributed by atoms with Gasteiger partial charge in [-0.15, -0.1) is 11.3 Å². The topological polar surface area (TPSA) is 39.2 Å². The van der Waals surface area contributed by atoms with E-state index in [1.54, 1.807) is 11.3 Å². The van der Waals surface area contributed by atoms with Gasteiger partial charge in [-0.25, -0.2) is 4.98 Å². The van der Waals surface area contributed by atoms with E-state index in [9.17, 15) is 4.79 Å². The normalized spacial score (nSPS) is 10.1. The zero-order valence-electron chi connectivity index (χ0n) is 8.36. The Morgan fingerprint density at radius 3 is 3.14 bits per heavy atom. The number of ether oxygens (including phenoxy) is 1. The van der Waals surface area contributed by atoms with Crippen LogP contribution in [0.3, 0.4) is 0 Å². The summed E-state index contributed by atoms with van der Waals surface area (Å²) in [7, 11) is 0. The Kier molecular flexibility index (Phi) is 5.22. The number of nitrogens with zero attached hydrogens (tertiary/aromatic N) is 1. The molecule has 0 saturated carbocycles. The monoisotopic (exact) mass is 213 g/mol. The smallest absolute Gasteiger partial charge is 0.293 e. The zero-order valence-corrected chi connectivity index (χ0v) is 9.18. The van der Waals surface area contributed by atoms with Gasteiger partial charge in [0.05, 0.1) is 5.69 Å². The Bertz CT molecular complexity index is 273. The molecule has 0 fully saturated rings. The molecular weight excluding hydrogens is 198 g/mol. The molecule has 0 spiro atoms. The fraction of sp³-hybridized carbons (Fsp3) is 0.600. The molecule has 1 rings (SSSR count). The van der Waals surface area contributed by atoms with E-state index in [2.05, 4.69) is 16.6 Å². The summed E-state index contributed by atoms with van der Waals surface area (Å²) in [6, 6.07) is 0. The van der Waals surface area contributed by atoms with E-state index >= 15 is 0 Å². The molecule has 4 heteroatoms. The highest BCUT2D eigenvalue weighted by Crippen LogP contribution is 2.13. The van der Waals surface area contributed by atoms with E-state index in [4.69, 9.17) is 0 Å². The largest absolute Gasteiger partial charge is 0.460 e. The summed E-state index contributed by atoms with van der Waals surface area (Å²) in [5.41, 5.74) is 1.12. The van der Waals surface area contributed by atoms with Crippen LogP contribution in [0.15, 0.2) is 5.38 Å². The fourth-order valence-electron chi connectivity index (χ4n) is 1.19. The van der Waals surface area contributed by atoms with Gasteiger partial charge in [0.1, 0.15) is 11.6 Å². The van der Waals surface area contributed by atoms with E-state index in [1.807, 2.05) is 5.38 Å². The minimum absolute atomic E-state index is 0.307. The Hall–Kier alpha value is -0.900. The lowest BCUT2D eigenvalue weighted by Gasteiger charge is -1.94. The highest BCUT2D eigenvalue weighted by Gasteiger charge is 2.01. The molecule has 0 aliphatic heterocycles. The molecule has 1 heterocycles. The van der Waals surface area contributed by atoms with Gasteiger partial charge < -0.3 is 4.74 Å². The van der Waals surface area contributed by atoms with Crippen molar-refractivity contribution in [2.75, 3.05) is 0 Å². The number of aryl methyl sites for hydroxylation is 1. The van der Waals surface area contributed by atoms with Gasteiger partial charge in [-0.3, -0.25) is 4.79 Å². The number of hydrogen-bond acceptors (Lipinski definition) is 4. The molecule has 0 aliphatic rings. The van der Waals surface area contributed by atoms with E-state index in [0.717, 1.165) is 17.1 Å². The Labute approximate surface area is 88.1 Å². The molecule has 0 unspecified atom stereocenters. The molecule has 0 atom stereocenters. The minimum atomic E-state index is 0.307. The van der Waals surface area contributed by atoms with Crippen LogP contribution in [0.2, 0.25) is 0 Å². The van der Waals surface area contributed by atoms with E-state index in [1.165, 1.54) is 19.3 Å². The Morgan fingerprint density at radius 1 is 1.57 bits per heavy atom. The number of thiazole rings is 1. The van der Waals surface area contributed by atoms with Crippen molar-refractivity contribution in [2.45, 2.75) is 39.2 Å². The molecule has 0 bridgehead atoms. The standard InChI is InChI=1S/C10H15NO2S/c1-2-3-4-5-9-7-14-10(11-9)6-13-8-12/h7-8H,2-6H2,1H3. The van der Waals surface area contributed by atoms with Gasteiger partial charge in [-0.1, -0.05) is 19.8 Å². The highest BCUT2D eigenvalue weighted by molar-refractivity contribution is 7.09. The average molecular weight is 213 g/mol. The molecule has 78 valence electrons. The van der Waals surface area contributed by atoms with Crippen molar-refractivity contribution < 1.29 is 9.53 Å².